The molecule has 0 aliphatic heterocycles. The molecule has 1 amide bonds. The van der Waals surface area contributed by atoms with E-state index in [1.165, 1.54) is 16.8 Å². The van der Waals surface area contributed by atoms with Crippen LogP contribution in [0.4, 0.5) is 0 Å². The van der Waals surface area contributed by atoms with Gasteiger partial charge in [-0.25, -0.2) is 0 Å². The number of halogens is 1. The van der Waals surface area contributed by atoms with Gasteiger partial charge in [-0.15, -0.1) is 12.4 Å². The van der Waals surface area contributed by atoms with Crippen LogP contribution in [-0.4, -0.2) is 35.3 Å². The van der Waals surface area contributed by atoms with E-state index in [9.17, 15) is 9.59 Å². The fourth-order valence-electron chi connectivity index (χ4n) is 1.72. The molecule has 0 saturated heterocycles. The van der Waals surface area contributed by atoms with Crippen LogP contribution in [0.25, 0.3) is 5.69 Å². The first-order valence-corrected chi connectivity index (χ1v) is 6.73. The topological polar surface area (TPSA) is 76.0 Å². The number of amides is 1. The third-order valence-corrected chi connectivity index (χ3v) is 3.10. The van der Waals surface area contributed by atoms with Crippen LogP contribution in [0.2, 0.25) is 0 Å². The van der Waals surface area contributed by atoms with Crippen molar-refractivity contribution in [3.63, 3.8) is 0 Å². The molecule has 118 valence electrons. The van der Waals surface area contributed by atoms with Gasteiger partial charge in [-0.2, -0.15) is 9.78 Å². The summed E-state index contributed by atoms with van der Waals surface area (Å²) in [5, 5.41) is 9.91. The van der Waals surface area contributed by atoms with Crippen molar-refractivity contribution in [2.45, 2.75) is 13.0 Å². The highest BCUT2D eigenvalue weighted by atomic mass is 35.5. The molecule has 0 spiro atoms. The predicted molar refractivity (Wildman–Crippen MR) is 87.9 cm³/mol. The van der Waals surface area contributed by atoms with Crippen LogP contribution in [0.5, 0.6) is 0 Å². The lowest BCUT2D eigenvalue weighted by atomic mass is 10.3. The van der Waals surface area contributed by atoms with Gasteiger partial charge in [-0.3, -0.25) is 9.59 Å². The maximum absolute atomic E-state index is 12.0. The molecule has 1 atom stereocenters. The second-order valence-corrected chi connectivity index (χ2v) is 4.70. The third-order valence-electron chi connectivity index (χ3n) is 3.10. The molecule has 0 fully saturated rings. The molecule has 22 heavy (non-hydrogen) atoms. The van der Waals surface area contributed by atoms with E-state index in [0.717, 1.165) is 0 Å². The standard InChI is InChI=1S/C15H18N4O2.ClH/c1-11(16-2)10-17-15(21)13-8-9-14(20)19(18-13)12-6-4-3-5-7-12;/h3-9,11,16H,10H2,1-2H3,(H,17,21);1H. The molecule has 0 aliphatic carbocycles. The second-order valence-electron chi connectivity index (χ2n) is 4.70. The molecule has 6 nitrogen and oxygen atoms in total. The number of carbonyl (C=O) groups excluding carboxylic acids is 1. The highest BCUT2D eigenvalue weighted by Crippen LogP contribution is 2.02. The zero-order valence-electron chi connectivity index (χ0n) is 12.4. The van der Waals surface area contributed by atoms with Crippen LogP contribution in [0, 0.1) is 0 Å². The number of para-hydroxylation sites is 1. The molecule has 0 aliphatic rings. The van der Waals surface area contributed by atoms with Crippen molar-refractivity contribution in [2.75, 3.05) is 13.6 Å². The van der Waals surface area contributed by atoms with Crippen LogP contribution in [0.1, 0.15) is 17.4 Å². The minimum absolute atomic E-state index is 0. The number of nitrogens with one attached hydrogen (secondary N) is 2. The number of hydrogen-bond acceptors (Lipinski definition) is 4. The number of likely N-dealkylation sites (N-methyl/N-ethyl adjacent to an activating group) is 1. The molecule has 2 aromatic rings. The van der Waals surface area contributed by atoms with Crippen LogP contribution >= 0.6 is 12.4 Å². The lowest BCUT2D eigenvalue weighted by molar-refractivity contribution is 0.0943. The molecule has 1 aromatic heterocycles. The van der Waals surface area contributed by atoms with Gasteiger partial charge in [0.1, 0.15) is 5.69 Å². The van der Waals surface area contributed by atoms with Crippen molar-refractivity contribution in [1.29, 1.82) is 0 Å². The molecular formula is C15H19ClN4O2. The van der Waals surface area contributed by atoms with Gasteiger partial charge in [-0.05, 0) is 32.2 Å². The Morgan fingerprint density at radius 3 is 2.55 bits per heavy atom. The second kappa shape index (κ2) is 8.31. The van der Waals surface area contributed by atoms with Gasteiger partial charge in [0.05, 0.1) is 5.69 Å². The zero-order valence-corrected chi connectivity index (χ0v) is 13.3. The van der Waals surface area contributed by atoms with Gasteiger partial charge in [0, 0.05) is 18.7 Å². The zero-order chi connectivity index (χ0) is 15.2. The van der Waals surface area contributed by atoms with Gasteiger partial charge in [0.2, 0.25) is 0 Å². The summed E-state index contributed by atoms with van der Waals surface area (Å²) in [6.07, 6.45) is 0. The SMILES string of the molecule is CNC(C)CNC(=O)c1ccc(=O)n(-c2ccccc2)n1.Cl. The Kier molecular flexibility index (Phi) is 6.75. The Morgan fingerprint density at radius 2 is 1.91 bits per heavy atom. The molecule has 1 aromatic carbocycles. The Hall–Kier alpha value is -2.18. The molecule has 0 saturated carbocycles. The summed E-state index contributed by atoms with van der Waals surface area (Å²) in [5.41, 5.74) is 0.559. The van der Waals surface area contributed by atoms with E-state index < -0.39 is 0 Å². The molecule has 2 N–H and O–H groups in total. The largest absolute Gasteiger partial charge is 0.349 e. The number of benzene rings is 1. The smallest absolute Gasteiger partial charge is 0.271 e. The average Bonchev–Trinajstić information content (AvgIpc) is 2.53. The Bertz CT molecular complexity index is 673. The molecular weight excluding hydrogens is 304 g/mol. The van der Waals surface area contributed by atoms with E-state index in [0.29, 0.717) is 12.2 Å². The number of nitrogens with zero attached hydrogens (tertiary/aromatic N) is 2. The first kappa shape index (κ1) is 17.9. The summed E-state index contributed by atoms with van der Waals surface area (Å²) in [7, 11) is 1.82. The van der Waals surface area contributed by atoms with E-state index in [-0.39, 0.29) is 35.6 Å². The molecule has 2 rings (SSSR count). The van der Waals surface area contributed by atoms with Gasteiger partial charge in [0.15, 0.2) is 0 Å². The highest BCUT2D eigenvalue weighted by molar-refractivity contribution is 5.92. The summed E-state index contributed by atoms with van der Waals surface area (Å²) >= 11 is 0. The molecule has 1 heterocycles. The first-order valence-electron chi connectivity index (χ1n) is 6.73. The molecule has 0 bridgehead atoms. The van der Waals surface area contributed by atoms with E-state index >= 15 is 0 Å². The van der Waals surface area contributed by atoms with Gasteiger partial charge >= 0.3 is 0 Å². The van der Waals surface area contributed by atoms with Crippen LogP contribution in [0.15, 0.2) is 47.3 Å². The van der Waals surface area contributed by atoms with E-state index in [1.54, 1.807) is 12.1 Å². The summed E-state index contributed by atoms with van der Waals surface area (Å²) < 4.78 is 1.22. The van der Waals surface area contributed by atoms with Gasteiger partial charge < -0.3 is 10.6 Å². The van der Waals surface area contributed by atoms with E-state index in [1.807, 2.05) is 32.2 Å². The lowest BCUT2D eigenvalue weighted by Gasteiger charge is -2.11. The third kappa shape index (κ3) is 4.41. The Morgan fingerprint density at radius 1 is 1.23 bits per heavy atom. The number of aromatic nitrogens is 2. The lowest BCUT2D eigenvalue weighted by Crippen LogP contribution is -2.38. The molecule has 1 unspecified atom stereocenters. The Labute approximate surface area is 135 Å². The van der Waals surface area contributed by atoms with Crippen molar-refractivity contribution in [3.8, 4) is 5.69 Å². The van der Waals surface area contributed by atoms with Crippen LogP contribution in [-0.2, 0) is 0 Å². The van der Waals surface area contributed by atoms with Crippen molar-refractivity contribution in [1.82, 2.24) is 20.4 Å². The Balaban J connectivity index is 0.00000242. The monoisotopic (exact) mass is 322 g/mol. The quantitative estimate of drug-likeness (QED) is 0.861. The summed E-state index contributed by atoms with van der Waals surface area (Å²) in [5.74, 6) is -0.304. The highest BCUT2D eigenvalue weighted by Gasteiger charge is 2.11. The molecule has 0 radical (unpaired) electrons. The fraction of sp³-hybridized carbons (Fsp3) is 0.267. The maximum Gasteiger partial charge on any atom is 0.271 e. The van der Waals surface area contributed by atoms with E-state index in [4.69, 9.17) is 0 Å². The van der Waals surface area contributed by atoms with Gasteiger partial charge in [-0.1, -0.05) is 18.2 Å². The van der Waals surface area contributed by atoms with Crippen molar-refractivity contribution in [3.05, 3.63) is 58.5 Å². The van der Waals surface area contributed by atoms with Crippen LogP contribution in [0.3, 0.4) is 0 Å². The summed E-state index contributed by atoms with van der Waals surface area (Å²) in [6, 6.07) is 11.9. The van der Waals surface area contributed by atoms with Crippen molar-refractivity contribution in [2.24, 2.45) is 0 Å². The number of rotatable bonds is 5. The number of hydrogen-bond donors (Lipinski definition) is 2. The first-order chi connectivity index (χ1) is 10.1. The number of carbonyl (C=O) groups is 1. The minimum atomic E-state index is -0.304. The fourth-order valence-corrected chi connectivity index (χ4v) is 1.72. The van der Waals surface area contributed by atoms with Crippen molar-refractivity contribution < 1.29 is 4.79 Å². The van der Waals surface area contributed by atoms with Gasteiger partial charge in [0.25, 0.3) is 11.5 Å². The predicted octanol–water partition coefficient (Wildman–Crippen LogP) is 0.992. The van der Waals surface area contributed by atoms with E-state index in [2.05, 4.69) is 15.7 Å². The van der Waals surface area contributed by atoms with Crippen molar-refractivity contribution >= 4 is 18.3 Å². The summed E-state index contributed by atoms with van der Waals surface area (Å²) in [4.78, 5) is 23.9. The minimum Gasteiger partial charge on any atom is -0.349 e. The normalized spacial score (nSPS) is 11.4. The summed E-state index contributed by atoms with van der Waals surface area (Å²) in [6.45, 7) is 2.44. The molecule has 7 heteroatoms. The average molecular weight is 323 g/mol. The maximum atomic E-state index is 12.0. The van der Waals surface area contributed by atoms with Crippen LogP contribution < -0.4 is 16.2 Å².